The maximum atomic E-state index is 11.2. The lowest BCUT2D eigenvalue weighted by Gasteiger charge is -2.26. The molecule has 1 N–H and O–H groups in total. The number of ether oxygens (including phenoxy) is 1. The smallest absolute Gasteiger partial charge is 0.347 e. The number of hydrogen-bond acceptors (Lipinski definition) is 2. The van der Waals surface area contributed by atoms with E-state index in [0.717, 1.165) is 12.0 Å². The highest BCUT2D eigenvalue weighted by Crippen LogP contribution is 2.30. The van der Waals surface area contributed by atoms with Gasteiger partial charge in [-0.1, -0.05) is 31.0 Å². The Hall–Kier alpha value is -1.22. The fourth-order valence-corrected chi connectivity index (χ4v) is 1.77. The molecular weight excluding hydrogens is 240 g/mol. The molecule has 3 nitrogen and oxygen atoms in total. The standard InChI is InChI=1S/C13H17ClO3/c1-4-7-13(3,12(15)16)17-11-8-9(2)5-6-10(11)14/h5-6,8H,4,7H2,1-3H3,(H,15,16). The minimum absolute atomic E-state index is 0.421. The van der Waals surface area contributed by atoms with Crippen molar-refractivity contribution < 1.29 is 14.6 Å². The van der Waals surface area contributed by atoms with Crippen LogP contribution in [0.2, 0.25) is 5.02 Å². The zero-order chi connectivity index (χ0) is 13.1. The number of rotatable bonds is 5. The summed E-state index contributed by atoms with van der Waals surface area (Å²) in [6, 6.07) is 5.31. The second-order valence-corrected chi connectivity index (χ2v) is 4.73. The normalized spacial score (nSPS) is 14.1. The third kappa shape index (κ3) is 3.37. The molecule has 4 heteroatoms. The molecule has 0 saturated carbocycles. The van der Waals surface area contributed by atoms with Gasteiger partial charge in [0.25, 0.3) is 0 Å². The summed E-state index contributed by atoms with van der Waals surface area (Å²) in [5, 5.41) is 9.65. The maximum Gasteiger partial charge on any atom is 0.347 e. The Morgan fingerprint density at radius 2 is 2.18 bits per heavy atom. The van der Waals surface area contributed by atoms with Gasteiger partial charge in [-0.25, -0.2) is 4.79 Å². The summed E-state index contributed by atoms with van der Waals surface area (Å²) in [6.45, 7) is 5.39. The summed E-state index contributed by atoms with van der Waals surface area (Å²) >= 11 is 5.99. The Labute approximate surface area is 106 Å². The number of hydrogen-bond donors (Lipinski definition) is 1. The molecule has 0 amide bonds. The van der Waals surface area contributed by atoms with Crippen molar-refractivity contribution in [3.8, 4) is 5.75 Å². The summed E-state index contributed by atoms with van der Waals surface area (Å²) in [5.74, 6) is -0.554. The van der Waals surface area contributed by atoms with E-state index in [-0.39, 0.29) is 0 Å². The minimum Gasteiger partial charge on any atom is -0.478 e. The lowest BCUT2D eigenvalue weighted by atomic mass is 10.0. The van der Waals surface area contributed by atoms with E-state index in [1.54, 1.807) is 19.1 Å². The number of carbonyl (C=O) groups is 1. The topological polar surface area (TPSA) is 46.5 Å². The lowest BCUT2D eigenvalue weighted by Crippen LogP contribution is -2.41. The van der Waals surface area contributed by atoms with Crippen molar-refractivity contribution in [2.45, 2.75) is 39.2 Å². The van der Waals surface area contributed by atoms with Gasteiger partial charge in [-0.3, -0.25) is 0 Å². The van der Waals surface area contributed by atoms with Gasteiger partial charge in [0.1, 0.15) is 5.75 Å². The maximum absolute atomic E-state index is 11.2. The van der Waals surface area contributed by atoms with Crippen LogP contribution >= 0.6 is 11.6 Å². The van der Waals surface area contributed by atoms with Crippen molar-refractivity contribution in [3.63, 3.8) is 0 Å². The zero-order valence-electron chi connectivity index (χ0n) is 10.3. The highest BCUT2D eigenvalue weighted by Gasteiger charge is 2.35. The van der Waals surface area contributed by atoms with E-state index in [0.29, 0.717) is 17.2 Å². The molecule has 0 saturated heterocycles. The quantitative estimate of drug-likeness (QED) is 0.874. The highest BCUT2D eigenvalue weighted by molar-refractivity contribution is 6.32. The summed E-state index contributed by atoms with van der Waals surface area (Å²) in [7, 11) is 0. The van der Waals surface area contributed by atoms with Gasteiger partial charge in [-0.15, -0.1) is 0 Å². The molecule has 1 rings (SSSR count). The molecule has 0 aliphatic carbocycles. The van der Waals surface area contributed by atoms with E-state index >= 15 is 0 Å². The van der Waals surface area contributed by atoms with Gasteiger partial charge in [0.15, 0.2) is 0 Å². The number of halogens is 1. The molecule has 0 aromatic heterocycles. The summed E-state index contributed by atoms with van der Waals surface area (Å²) in [5.41, 5.74) is -0.250. The van der Waals surface area contributed by atoms with Crippen molar-refractivity contribution in [3.05, 3.63) is 28.8 Å². The van der Waals surface area contributed by atoms with Crippen molar-refractivity contribution in [2.75, 3.05) is 0 Å². The van der Waals surface area contributed by atoms with Crippen LogP contribution in [0.3, 0.4) is 0 Å². The second kappa shape index (κ2) is 5.41. The van der Waals surface area contributed by atoms with E-state index in [1.807, 2.05) is 19.9 Å². The molecule has 1 aromatic rings. The molecule has 17 heavy (non-hydrogen) atoms. The molecule has 0 radical (unpaired) electrons. The van der Waals surface area contributed by atoms with Gasteiger partial charge in [0.05, 0.1) is 5.02 Å². The fraction of sp³-hybridized carbons (Fsp3) is 0.462. The first-order chi connectivity index (χ1) is 7.89. The number of carboxylic acid groups (broad SMARTS) is 1. The summed E-state index contributed by atoms with van der Waals surface area (Å²) in [6.07, 6.45) is 1.17. The van der Waals surface area contributed by atoms with Crippen molar-refractivity contribution in [1.82, 2.24) is 0 Å². The molecule has 0 heterocycles. The van der Waals surface area contributed by atoms with Crippen LogP contribution in [-0.4, -0.2) is 16.7 Å². The number of aliphatic carboxylic acids is 1. The molecule has 0 aliphatic heterocycles. The van der Waals surface area contributed by atoms with E-state index in [9.17, 15) is 9.90 Å². The SMILES string of the molecule is CCCC(C)(Oc1cc(C)ccc1Cl)C(=O)O. The lowest BCUT2D eigenvalue weighted by molar-refractivity contribution is -0.154. The average molecular weight is 257 g/mol. The van der Waals surface area contributed by atoms with Gasteiger partial charge in [-0.05, 0) is 38.0 Å². The van der Waals surface area contributed by atoms with Crippen LogP contribution in [0, 0.1) is 6.92 Å². The number of aryl methyl sites for hydroxylation is 1. The first-order valence-corrected chi connectivity index (χ1v) is 5.95. The predicted octanol–water partition coefficient (Wildman–Crippen LogP) is 3.67. The zero-order valence-corrected chi connectivity index (χ0v) is 11.0. The Balaban J connectivity index is 3.01. The van der Waals surface area contributed by atoms with Crippen molar-refractivity contribution in [2.24, 2.45) is 0 Å². The molecule has 1 unspecified atom stereocenters. The molecule has 1 aromatic carbocycles. The second-order valence-electron chi connectivity index (χ2n) is 4.32. The molecule has 1 atom stereocenters. The van der Waals surface area contributed by atoms with Crippen LogP contribution in [0.5, 0.6) is 5.75 Å². The predicted molar refractivity (Wildman–Crippen MR) is 67.8 cm³/mol. The molecule has 0 fully saturated rings. The molecule has 0 aliphatic rings. The third-order valence-electron chi connectivity index (χ3n) is 2.60. The summed E-state index contributed by atoms with van der Waals surface area (Å²) < 4.78 is 5.58. The molecular formula is C13H17ClO3. The Kier molecular flexibility index (Phi) is 4.40. The number of benzene rings is 1. The molecule has 94 valence electrons. The van der Waals surface area contributed by atoms with E-state index in [1.165, 1.54) is 0 Å². The van der Waals surface area contributed by atoms with Crippen molar-refractivity contribution in [1.29, 1.82) is 0 Å². The van der Waals surface area contributed by atoms with Crippen LogP contribution in [0.1, 0.15) is 32.3 Å². The Morgan fingerprint density at radius 1 is 1.53 bits per heavy atom. The van der Waals surface area contributed by atoms with Crippen molar-refractivity contribution >= 4 is 17.6 Å². The Morgan fingerprint density at radius 3 is 2.71 bits per heavy atom. The first kappa shape index (κ1) is 13.8. The minimum atomic E-state index is -1.23. The van der Waals surface area contributed by atoms with Crippen LogP contribution in [-0.2, 0) is 4.79 Å². The van der Waals surface area contributed by atoms with Gasteiger partial charge in [0.2, 0.25) is 5.60 Å². The molecule has 0 bridgehead atoms. The van der Waals surface area contributed by atoms with E-state index in [4.69, 9.17) is 16.3 Å². The van der Waals surface area contributed by atoms with Crippen LogP contribution in [0.25, 0.3) is 0 Å². The van der Waals surface area contributed by atoms with Gasteiger partial charge < -0.3 is 9.84 Å². The van der Waals surface area contributed by atoms with Gasteiger partial charge in [-0.2, -0.15) is 0 Å². The van der Waals surface area contributed by atoms with E-state index < -0.39 is 11.6 Å². The van der Waals surface area contributed by atoms with E-state index in [2.05, 4.69) is 0 Å². The third-order valence-corrected chi connectivity index (χ3v) is 2.91. The summed E-state index contributed by atoms with van der Waals surface area (Å²) in [4.78, 5) is 11.2. The molecule has 0 spiro atoms. The van der Waals surface area contributed by atoms with Crippen LogP contribution in [0.15, 0.2) is 18.2 Å². The number of carboxylic acids is 1. The van der Waals surface area contributed by atoms with Crippen LogP contribution in [0.4, 0.5) is 0 Å². The largest absolute Gasteiger partial charge is 0.478 e. The monoisotopic (exact) mass is 256 g/mol. The van der Waals surface area contributed by atoms with Crippen LogP contribution < -0.4 is 4.74 Å². The fourth-order valence-electron chi connectivity index (χ4n) is 1.61. The average Bonchev–Trinajstić information content (AvgIpc) is 2.23. The van der Waals surface area contributed by atoms with Gasteiger partial charge >= 0.3 is 5.97 Å². The Bertz CT molecular complexity index is 417. The van der Waals surface area contributed by atoms with Gasteiger partial charge in [0, 0.05) is 0 Å². The first-order valence-electron chi connectivity index (χ1n) is 5.57. The highest BCUT2D eigenvalue weighted by atomic mass is 35.5.